The Balaban J connectivity index is 1.46. The summed E-state index contributed by atoms with van der Waals surface area (Å²) in [5.74, 6) is 0.442. The molecule has 2 aliphatic rings. The molecule has 1 atom stereocenters. The van der Waals surface area contributed by atoms with Crippen LogP contribution < -0.4 is 20.7 Å². The van der Waals surface area contributed by atoms with Gasteiger partial charge in [-0.1, -0.05) is 6.42 Å². The summed E-state index contributed by atoms with van der Waals surface area (Å²) in [6, 6.07) is 4.30. The Bertz CT molecular complexity index is 793. The Morgan fingerprint density at radius 1 is 1.26 bits per heavy atom. The molecule has 0 bridgehead atoms. The monoisotopic (exact) mass is 372 g/mol. The number of fused-ring (bicyclic) bond motifs is 1. The number of aryl methyl sites for hydroxylation is 1. The largest absolute Gasteiger partial charge is 0.476 e. The molecular weight excluding hydrogens is 344 g/mol. The summed E-state index contributed by atoms with van der Waals surface area (Å²) in [7, 11) is 1.81. The van der Waals surface area contributed by atoms with Crippen molar-refractivity contribution in [1.29, 1.82) is 0 Å². The molecule has 2 aromatic rings. The minimum absolute atomic E-state index is 0.130. The van der Waals surface area contributed by atoms with Crippen molar-refractivity contribution in [3.8, 4) is 5.88 Å². The van der Waals surface area contributed by atoms with Crippen molar-refractivity contribution >= 4 is 16.9 Å². The number of carbonyl (C=O) groups is 1. The molecular formula is C19H28N6O2. The first-order valence-corrected chi connectivity index (χ1v) is 9.92. The maximum atomic E-state index is 12.7. The van der Waals surface area contributed by atoms with E-state index in [1.165, 1.54) is 12.8 Å². The summed E-state index contributed by atoms with van der Waals surface area (Å²) in [5, 5.41) is 15.0. The van der Waals surface area contributed by atoms with Gasteiger partial charge in [0.15, 0.2) is 11.3 Å². The molecule has 27 heavy (non-hydrogen) atoms. The van der Waals surface area contributed by atoms with E-state index in [0.717, 1.165) is 44.3 Å². The number of ether oxygens (including phenoxy) is 1. The topological polar surface area (TPSA) is 93.1 Å². The molecule has 2 fully saturated rings. The van der Waals surface area contributed by atoms with Crippen molar-refractivity contribution < 1.29 is 9.53 Å². The zero-order valence-corrected chi connectivity index (χ0v) is 15.8. The molecule has 2 aromatic heterocycles. The van der Waals surface area contributed by atoms with E-state index in [4.69, 9.17) is 4.74 Å². The summed E-state index contributed by atoms with van der Waals surface area (Å²) in [4.78, 5) is 17.3. The number of nitrogens with zero attached hydrogens (tertiary/aromatic N) is 3. The molecule has 4 heterocycles. The lowest BCUT2D eigenvalue weighted by atomic mass is 10.1. The van der Waals surface area contributed by atoms with Crippen LogP contribution in [0.3, 0.4) is 0 Å². The van der Waals surface area contributed by atoms with E-state index in [2.05, 4.69) is 26.0 Å². The van der Waals surface area contributed by atoms with Gasteiger partial charge < -0.3 is 20.7 Å². The molecule has 2 aliphatic heterocycles. The van der Waals surface area contributed by atoms with Gasteiger partial charge in [0.25, 0.3) is 5.91 Å². The van der Waals surface area contributed by atoms with Crippen LogP contribution in [0, 0.1) is 0 Å². The average molecular weight is 372 g/mol. The Morgan fingerprint density at radius 2 is 2.11 bits per heavy atom. The molecule has 1 unspecified atom stereocenters. The fourth-order valence-corrected chi connectivity index (χ4v) is 3.83. The van der Waals surface area contributed by atoms with Crippen molar-refractivity contribution in [1.82, 2.24) is 30.7 Å². The molecule has 1 amide bonds. The third kappa shape index (κ3) is 4.22. The third-order valence-corrected chi connectivity index (χ3v) is 5.40. The highest BCUT2D eigenvalue weighted by atomic mass is 16.5. The number of carbonyl (C=O) groups excluding carboxylic acids is 1. The summed E-state index contributed by atoms with van der Waals surface area (Å²) < 4.78 is 7.53. The first kappa shape index (κ1) is 18.2. The van der Waals surface area contributed by atoms with Gasteiger partial charge in [-0.3, -0.25) is 4.79 Å². The van der Waals surface area contributed by atoms with Crippen LogP contribution >= 0.6 is 0 Å². The maximum Gasteiger partial charge on any atom is 0.272 e. The average Bonchev–Trinajstić information content (AvgIpc) is 3.04. The van der Waals surface area contributed by atoms with E-state index >= 15 is 0 Å². The highest BCUT2D eigenvalue weighted by Crippen LogP contribution is 2.21. The second-order valence-corrected chi connectivity index (χ2v) is 7.45. The molecule has 0 spiro atoms. The highest BCUT2D eigenvalue weighted by molar-refractivity contribution is 6.04. The van der Waals surface area contributed by atoms with Crippen LogP contribution in [-0.4, -0.2) is 59.0 Å². The Kier molecular flexibility index (Phi) is 5.54. The van der Waals surface area contributed by atoms with Gasteiger partial charge in [0, 0.05) is 25.2 Å². The smallest absolute Gasteiger partial charge is 0.272 e. The molecule has 0 saturated carbocycles. The lowest BCUT2D eigenvalue weighted by Crippen LogP contribution is -2.42. The zero-order chi connectivity index (χ0) is 18.6. The molecule has 146 valence electrons. The number of hydrogen-bond acceptors (Lipinski definition) is 6. The van der Waals surface area contributed by atoms with Gasteiger partial charge in [-0.25, -0.2) is 4.68 Å². The lowest BCUT2D eigenvalue weighted by Gasteiger charge is -2.23. The predicted molar refractivity (Wildman–Crippen MR) is 103 cm³/mol. The highest BCUT2D eigenvalue weighted by Gasteiger charge is 2.22. The van der Waals surface area contributed by atoms with Crippen LogP contribution in [0.5, 0.6) is 5.88 Å². The summed E-state index contributed by atoms with van der Waals surface area (Å²) >= 11 is 0. The van der Waals surface area contributed by atoms with E-state index in [-0.39, 0.29) is 11.9 Å². The second-order valence-electron chi connectivity index (χ2n) is 7.45. The minimum atomic E-state index is -0.130. The molecule has 3 N–H and O–H groups in total. The van der Waals surface area contributed by atoms with Crippen LogP contribution in [0.2, 0.25) is 0 Å². The van der Waals surface area contributed by atoms with Gasteiger partial charge in [0.05, 0.1) is 5.39 Å². The van der Waals surface area contributed by atoms with Crippen molar-refractivity contribution in [2.75, 3.05) is 26.2 Å². The van der Waals surface area contributed by atoms with Gasteiger partial charge in [-0.05, 0) is 51.4 Å². The summed E-state index contributed by atoms with van der Waals surface area (Å²) in [5.41, 5.74) is 1.10. The van der Waals surface area contributed by atoms with Gasteiger partial charge in [-0.2, -0.15) is 10.1 Å². The van der Waals surface area contributed by atoms with Gasteiger partial charge in [-0.15, -0.1) is 0 Å². The molecule has 8 nitrogen and oxygen atoms in total. The van der Waals surface area contributed by atoms with Crippen molar-refractivity contribution in [2.24, 2.45) is 7.05 Å². The summed E-state index contributed by atoms with van der Waals surface area (Å²) in [6.07, 6.45) is 5.50. The van der Waals surface area contributed by atoms with Gasteiger partial charge in [0.2, 0.25) is 5.88 Å². The van der Waals surface area contributed by atoms with E-state index in [0.29, 0.717) is 29.9 Å². The number of amides is 1. The van der Waals surface area contributed by atoms with E-state index < -0.39 is 0 Å². The molecule has 0 aliphatic carbocycles. The number of rotatable bonds is 5. The SMILES string of the molecule is Cn1nc(C(=O)NC2CCNCC2)c2ccc(OCC3CCCCN3)nc21. The molecule has 0 aromatic carbocycles. The Labute approximate surface area is 159 Å². The first-order valence-electron chi connectivity index (χ1n) is 9.92. The Hall–Kier alpha value is -2.19. The standard InChI is InChI=1S/C19H28N6O2/c1-25-18-15(17(24-25)19(26)22-13-7-10-20-11-8-13)5-6-16(23-18)27-12-14-4-2-3-9-21-14/h5-6,13-14,20-21H,2-4,7-12H2,1H3,(H,22,26). The lowest BCUT2D eigenvalue weighted by molar-refractivity contribution is 0.0925. The van der Waals surface area contributed by atoms with Crippen LogP contribution in [-0.2, 0) is 7.05 Å². The van der Waals surface area contributed by atoms with E-state index in [9.17, 15) is 4.79 Å². The van der Waals surface area contributed by atoms with Crippen LogP contribution in [0.4, 0.5) is 0 Å². The Morgan fingerprint density at radius 3 is 2.89 bits per heavy atom. The molecule has 4 rings (SSSR count). The first-order chi connectivity index (χ1) is 13.2. The number of piperidine rings is 2. The van der Waals surface area contributed by atoms with Crippen LogP contribution in [0.15, 0.2) is 12.1 Å². The maximum absolute atomic E-state index is 12.7. The van der Waals surface area contributed by atoms with Crippen molar-refractivity contribution in [2.45, 2.75) is 44.2 Å². The molecule has 8 heteroatoms. The predicted octanol–water partition coefficient (Wildman–Crippen LogP) is 0.971. The normalized spacial score (nSPS) is 21.3. The quantitative estimate of drug-likeness (QED) is 0.724. The number of hydrogen-bond donors (Lipinski definition) is 3. The minimum Gasteiger partial charge on any atom is -0.476 e. The number of aromatic nitrogens is 3. The summed E-state index contributed by atoms with van der Waals surface area (Å²) in [6.45, 7) is 3.54. The van der Waals surface area contributed by atoms with Crippen molar-refractivity contribution in [3.63, 3.8) is 0 Å². The van der Waals surface area contributed by atoms with Crippen LogP contribution in [0.25, 0.3) is 11.0 Å². The fourth-order valence-electron chi connectivity index (χ4n) is 3.83. The number of nitrogens with one attached hydrogen (secondary N) is 3. The van der Waals surface area contributed by atoms with Gasteiger partial charge >= 0.3 is 0 Å². The second kappa shape index (κ2) is 8.22. The van der Waals surface area contributed by atoms with Gasteiger partial charge in [0.1, 0.15) is 6.61 Å². The van der Waals surface area contributed by atoms with E-state index in [1.807, 2.05) is 19.2 Å². The van der Waals surface area contributed by atoms with Crippen molar-refractivity contribution in [3.05, 3.63) is 17.8 Å². The number of pyridine rings is 1. The van der Waals surface area contributed by atoms with Crippen LogP contribution in [0.1, 0.15) is 42.6 Å². The fraction of sp³-hybridized carbons (Fsp3) is 0.632. The molecule has 0 radical (unpaired) electrons. The van der Waals surface area contributed by atoms with E-state index in [1.54, 1.807) is 4.68 Å². The molecule has 2 saturated heterocycles. The zero-order valence-electron chi connectivity index (χ0n) is 15.8. The third-order valence-electron chi connectivity index (χ3n) is 5.40.